The molecule has 0 unspecified atom stereocenters. The second-order valence-electron chi connectivity index (χ2n) is 9.10. The van der Waals surface area contributed by atoms with Crippen molar-refractivity contribution in [3.8, 4) is 22.8 Å². The van der Waals surface area contributed by atoms with Gasteiger partial charge in [0.05, 0.1) is 13.1 Å². The van der Waals surface area contributed by atoms with E-state index in [4.69, 9.17) is 18.7 Å². The van der Waals surface area contributed by atoms with Crippen LogP contribution in [-0.2, 0) is 19.3 Å². The topological polar surface area (TPSA) is 137 Å². The molecule has 6 rings (SSSR count). The number of hydrogen-bond acceptors (Lipinski definition) is 12. The van der Waals surface area contributed by atoms with Gasteiger partial charge in [-0.05, 0) is 12.8 Å². The van der Waals surface area contributed by atoms with Gasteiger partial charge in [0, 0.05) is 35.4 Å². The number of hydroxylamine groups is 4. The van der Waals surface area contributed by atoms with E-state index in [1.54, 1.807) is 0 Å². The molecule has 40 heavy (non-hydrogen) atoms. The molecule has 0 bridgehead atoms. The van der Waals surface area contributed by atoms with Crippen LogP contribution in [0.5, 0.6) is 0 Å². The molecule has 0 amide bonds. The zero-order chi connectivity index (χ0) is 27.3. The van der Waals surface area contributed by atoms with E-state index >= 15 is 0 Å². The first-order chi connectivity index (χ1) is 19.6. The van der Waals surface area contributed by atoms with Crippen molar-refractivity contribution < 1.29 is 28.3 Å². The fourth-order valence-electron chi connectivity index (χ4n) is 4.32. The van der Waals surface area contributed by atoms with Crippen molar-refractivity contribution in [1.29, 1.82) is 0 Å². The molecule has 2 aliphatic heterocycles. The van der Waals surface area contributed by atoms with E-state index in [1.165, 1.54) is 10.1 Å². The highest BCUT2D eigenvalue weighted by atomic mass is 16.8. The lowest BCUT2D eigenvalue weighted by atomic mass is 10.1. The third-order valence-electron chi connectivity index (χ3n) is 6.29. The van der Waals surface area contributed by atoms with Gasteiger partial charge in [0.15, 0.2) is 0 Å². The molecule has 0 fully saturated rings. The zero-order valence-electron chi connectivity index (χ0n) is 21.3. The number of benzene rings is 2. The summed E-state index contributed by atoms with van der Waals surface area (Å²) < 4.78 is 10.8. The predicted molar refractivity (Wildman–Crippen MR) is 140 cm³/mol. The molecule has 0 radical (unpaired) electrons. The van der Waals surface area contributed by atoms with Crippen LogP contribution < -0.4 is 0 Å². The molecule has 2 aromatic heterocycles. The number of hydrogen-bond donors (Lipinski definition) is 0. The number of rotatable bonds is 6. The molecule has 12 heteroatoms. The number of carbonyl (C=O) groups excluding carboxylic acids is 2. The highest BCUT2D eigenvalue weighted by molar-refractivity contribution is 6.29. The average molecular weight is 541 g/mol. The quantitative estimate of drug-likeness (QED) is 0.331. The minimum atomic E-state index is -1.13. The van der Waals surface area contributed by atoms with Gasteiger partial charge in [-0.3, -0.25) is 0 Å². The SMILES string of the molecule is O=C(ON1CCC=C(c2nc(-c3ccccc3)no2)C1)C(=O)ON1CCC=C(c2nc(-c3ccccc3)no2)C1. The molecule has 4 aromatic rings. The maximum Gasteiger partial charge on any atom is 0.438 e. The summed E-state index contributed by atoms with van der Waals surface area (Å²) in [5, 5.41) is 10.8. The third kappa shape index (κ3) is 5.72. The Bertz CT molecular complexity index is 1440. The molecular weight excluding hydrogens is 516 g/mol. The van der Waals surface area contributed by atoms with Crippen LogP contribution in [0.2, 0.25) is 0 Å². The smallest absolute Gasteiger partial charge is 0.359 e. The monoisotopic (exact) mass is 540 g/mol. The van der Waals surface area contributed by atoms with Crippen LogP contribution in [-0.4, -0.2) is 68.5 Å². The number of carbonyl (C=O) groups is 2. The standard InChI is InChI=1S/C28H24N6O6/c35-27(39-33-15-7-13-21(17-33)25-29-23(31-37-25)19-9-3-1-4-10-19)28(36)40-34-16-8-14-22(18-34)26-30-24(32-38-26)20-11-5-2-6-12-20/h1-6,9-14H,7-8,15-18H2. The van der Waals surface area contributed by atoms with E-state index in [-0.39, 0.29) is 13.1 Å². The Kier molecular flexibility index (Phi) is 7.24. The van der Waals surface area contributed by atoms with E-state index < -0.39 is 11.9 Å². The minimum Gasteiger partial charge on any atom is -0.359 e. The van der Waals surface area contributed by atoms with Crippen molar-refractivity contribution in [2.45, 2.75) is 12.8 Å². The Morgan fingerprint density at radius 3 is 1.50 bits per heavy atom. The van der Waals surface area contributed by atoms with Crippen molar-refractivity contribution in [2.24, 2.45) is 0 Å². The largest absolute Gasteiger partial charge is 0.438 e. The van der Waals surface area contributed by atoms with Gasteiger partial charge in [-0.2, -0.15) is 9.97 Å². The molecule has 0 N–H and O–H groups in total. The van der Waals surface area contributed by atoms with Crippen LogP contribution in [0.3, 0.4) is 0 Å². The molecule has 2 aliphatic rings. The maximum atomic E-state index is 12.5. The summed E-state index contributed by atoms with van der Waals surface area (Å²) in [5.74, 6) is -0.687. The highest BCUT2D eigenvalue weighted by Crippen LogP contribution is 2.25. The molecule has 0 saturated carbocycles. The van der Waals surface area contributed by atoms with Crippen LogP contribution in [0, 0.1) is 0 Å². The normalized spacial score (nSPS) is 16.2. The Hall–Kier alpha value is -4.94. The van der Waals surface area contributed by atoms with Gasteiger partial charge in [0.25, 0.3) is 11.8 Å². The lowest BCUT2D eigenvalue weighted by Crippen LogP contribution is -2.39. The molecule has 12 nitrogen and oxygen atoms in total. The molecule has 0 saturated heterocycles. The summed E-state index contributed by atoms with van der Waals surface area (Å²) in [7, 11) is 0. The van der Waals surface area contributed by atoms with Gasteiger partial charge in [0.1, 0.15) is 0 Å². The predicted octanol–water partition coefficient (Wildman–Crippen LogP) is 3.58. The minimum absolute atomic E-state index is 0.187. The molecule has 202 valence electrons. The maximum absolute atomic E-state index is 12.5. The lowest BCUT2D eigenvalue weighted by Gasteiger charge is -2.26. The summed E-state index contributed by atoms with van der Waals surface area (Å²) >= 11 is 0. The number of aromatic nitrogens is 4. The van der Waals surface area contributed by atoms with Crippen LogP contribution in [0.15, 0.2) is 81.9 Å². The lowest BCUT2D eigenvalue weighted by molar-refractivity contribution is -0.215. The first kappa shape index (κ1) is 25.3. The molecule has 0 atom stereocenters. The van der Waals surface area contributed by atoms with Gasteiger partial charge in [-0.15, -0.1) is 10.1 Å². The van der Waals surface area contributed by atoms with Crippen LogP contribution >= 0.6 is 0 Å². The van der Waals surface area contributed by atoms with E-state index in [1.807, 2.05) is 72.8 Å². The van der Waals surface area contributed by atoms with Crippen LogP contribution in [0.25, 0.3) is 33.9 Å². The summed E-state index contributed by atoms with van der Waals surface area (Å²) in [6, 6.07) is 18.9. The fourth-order valence-corrected chi connectivity index (χ4v) is 4.32. The molecule has 4 heterocycles. The average Bonchev–Trinajstić information content (AvgIpc) is 3.70. The number of nitrogens with zero attached hydrogens (tertiary/aromatic N) is 6. The second-order valence-corrected chi connectivity index (χ2v) is 9.10. The van der Waals surface area contributed by atoms with Gasteiger partial charge in [-0.1, -0.05) is 83.1 Å². The zero-order valence-corrected chi connectivity index (χ0v) is 21.3. The Morgan fingerprint density at radius 2 is 1.07 bits per heavy atom. The van der Waals surface area contributed by atoms with Crippen LogP contribution in [0.1, 0.15) is 24.6 Å². The summed E-state index contributed by atoms with van der Waals surface area (Å²) in [6.07, 6.45) is 5.01. The Balaban J connectivity index is 1.02. The Morgan fingerprint density at radius 1 is 0.650 bits per heavy atom. The van der Waals surface area contributed by atoms with Crippen molar-refractivity contribution in [2.75, 3.05) is 26.2 Å². The second kappa shape index (κ2) is 11.4. The summed E-state index contributed by atoms with van der Waals surface area (Å²) in [4.78, 5) is 44.6. The van der Waals surface area contributed by atoms with Crippen molar-refractivity contribution in [1.82, 2.24) is 30.4 Å². The van der Waals surface area contributed by atoms with E-state index in [9.17, 15) is 9.59 Å². The van der Waals surface area contributed by atoms with Gasteiger partial charge in [0.2, 0.25) is 11.6 Å². The van der Waals surface area contributed by atoms with Crippen molar-refractivity contribution in [3.63, 3.8) is 0 Å². The van der Waals surface area contributed by atoms with Crippen LogP contribution in [0.4, 0.5) is 0 Å². The van der Waals surface area contributed by atoms with E-state index in [0.29, 0.717) is 60.5 Å². The summed E-state index contributed by atoms with van der Waals surface area (Å²) in [6.45, 7) is 1.18. The molecule has 0 spiro atoms. The van der Waals surface area contributed by atoms with Gasteiger partial charge < -0.3 is 18.7 Å². The third-order valence-corrected chi connectivity index (χ3v) is 6.29. The fraction of sp³-hybridized carbons (Fsp3) is 0.214. The van der Waals surface area contributed by atoms with Gasteiger partial charge in [-0.25, -0.2) is 9.59 Å². The van der Waals surface area contributed by atoms with Crippen molar-refractivity contribution >= 4 is 23.1 Å². The van der Waals surface area contributed by atoms with E-state index in [2.05, 4.69) is 20.3 Å². The highest BCUT2D eigenvalue weighted by Gasteiger charge is 2.29. The van der Waals surface area contributed by atoms with E-state index in [0.717, 1.165) is 11.1 Å². The first-order valence-corrected chi connectivity index (χ1v) is 12.7. The molecule has 2 aromatic carbocycles. The Labute approximate surface area is 228 Å². The van der Waals surface area contributed by atoms with Crippen molar-refractivity contribution in [3.05, 3.63) is 84.6 Å². The molecule has 0 aliphatic carbocycles. The first-order valence-electron chi connectivity index (χ1n) is 12.7. The summed E-state index contributed by atoms with van der Waals surface area (Å²) in [5.41, 5.74) is 3.04. The molecular formula is C28H24N6O6. The van der Waals surface area contributed by atoms with Gasteiger partial charge >= 0.3 is 11.9 Å².